The number of hydrogen-bond donors (Lipinski definition) is 2. The number of benzene rings is 1. The van der Waals surface area contributed by atoms with Crippen molar-refractivity contribution in [1.82, 2.24) is 15.6 Å². The third-order valence-electron chi connectivity index (χ3n) is 2.93. The highest BCUT2D eigenvalue weighted by atomic mass is 15.2. The van der Waals surface area contributed by atoms with Crippen molar-refractivity contribution >= 4 is 5.96 Å². The Morgan fingerprint density at radius 3 is 2.55 bits per heavy atom. The van der Waals surface area contributed by atoms with E-state index >= 15 is 0 Å². The monoisotopic (exact) mass is 268 g/mol. The maximum atomic E-state index is 4.29. The SMILES string of the molecule is CN=C(NCCc1ccccn1)NCc1ccccc1. The van der Waals surface area contributed by atoms with Gasteiger partial charge in [-0.15, -0.1) is 0 Å². The van der Waals surface area contributed by atoms with E-state index in [9.17, 15) is 0 Å². The lowest BCUT2D eigenvalue weighted by molar-refractivity contribution is 0.784. The Hall–Kier alpha value is -2.36. The van der Waals surface area contributed by atoms with Crippen molar-refractivity contribution in [3.05, 3.63) is 66.0 Å². The summed E-state index contributed by atoms with van der Waals surface area (Å²) >= 11 is 0. The molecular weight excluding hydrogens is 248 g/mol. The summed E-state index contributed by atoms with van der Waals surface area (Å²) in [5.74, 6) is 0.810. The minimum Gasteiger partial charge on any atom is -0.356 e. The van der Waals surface area contributed by atoms with Crippen molar-refractivity contribution < 1.29 is 0 Å². The molecule has 0 fully saturated rings. The van der Waals surface area contributed by atoms with Gasteiger partial charge in [0.25, 0.3) is 0 Å². The molecule has 1 aromatic carbocycles. The van der Waals surface area contributed by atoms with E-state index < -0.39 is 0 Å². The fourth-order valence-electron chi connectivity index (χ4n) is 1.86. The van der Waals surface area contributed by atoms with Gasteiger partial charge in [0.2, 0.25) is 0 Å². The molecular formula is C16H20N4. The van der Waals surface area contributed by atoms with Gasteiger partial charge in [0.1, 0.15) is 0 Å². The quantitative estimate of drug-likeness (QED) is 0.644. The Bertz CT molecular complexity index is 523. The first-order valence-corrected chi connectivity index (χ1v) is 6.77. The molecule has 0 saturated heterocycles. The molecule has 0 radical (unpaired) electrons. The first-order valence-electron chi connectivity index (χ1n) is 6.77. The highest BCUT2D eigenvalue weighted by molar-refractivity contribution is 5.79. The largest absolute Gasteiger partial charge is 0.356 e. The molecule has 0 aliphatic rings. The van der Waals surface area contributed by atoms with Crippen molar-refractivity contribution in [3.63, 3.8) is 0 Å². The lowest BCUT2D eigenvalue weighted by Gasteiger charge is -2.11. The van der Waals surface area contributed by atoms with Crippen LogP contribution in [0.2, 0.25) is 0 Å². The van der Waals surface area contributed by atoms with E-state index in [0.29, 0.717) is 0 Å². The molecule has 0 aliphatic carbocycles. The molecule has 2 N–H and O–H groups in total. The second-order valence-electron chi connectivity index (χ2n) is 4.41. The van der Waals surface area contributed by atoms with Gasteiger partial charge in [-0.3, -0.25) is 9.98 Å². The van der Waals surface area contributed by atoms with Gasteiger partial charge in [-0.05, 0) is 17.7 Å². The Balaban J connectivity index is 1.73. The summed E-state index contributed by atoms with van der Waals surface area (Å²) in [6.07, 6.45) is 2.70. The van der Waals surface area contributed by atoms with Gasteiger partial charge >= 0.3 is 0 Å². The number of hydrogen-bond acceptors (Lipinski definition) is 2. The lowest BCUT2D eigenvalue weighted by Crippen LogP contribution is -2.37. The molecule has 2 rings (SSSR count). The van der Waals surface area contributed by atoms with Gasteiger partial charge < -0.3 is 10.6 Å². The zero-order valence-corrected chi connectivity index (χ0v) is 11.7. The number of rotatable bonds is 5. The van der Waals surface area contributed by atoms with Crippen molar-refractivity contribution in [1.29, 1.82) is 0 Å². The minimum atomic E-state index is 0.768. The average Bonchev–Trinajstić information content (AvgIpc) is 2.52. The van der Waals surface area contributed by atoms with Crippen LogP contribution in [0.15, 0.2) is 59.7 Å². The molecule has 20 heavy (non-hydrogen) atoms. The van der Waals surface area contributed by atoms with Crippen LogP contribution in [0.4, 0.5) is 0 Å². The fourth-order valence-corrected chi connectivity index (χ4v) is 1.86. The van der Waals surface area contributed by atoms with Crippen LogP contribution in [0, 0.1) is 0 Å². The number of nitrogens with zero attached hydrogens (tertiary/aromatic N) is 2. The molecule has 1 heterocycles. The van der Waals surface area contributed by atoms with E-state index in [1.165, 1.54) is 5.56 Å². The van der Waals surface area contributed by atoms with Gasteiger partial charge in [-0.2, -0.15) is 0 Å². The van der Waals surface area contributed by atoms with E-state index in [1.807, 2.05) is 42.6 Å². The first kappa shape index (κ1) is 14.1. The predicted octanol–water partition coefficient (Wildman–Crippen LogP) is 1.99. The fraction of sp³-hybridized carbons (Fsp3) is 0.250. The Morgan fingerprint density at radius 1 is 1.05 bits per heavy atom. The maximum absolute atomic E-state index is 4.29. The summed E-state index contributed by atoms with van der Waals surface area (Å²) < 4.78 is 0. The number of pyridine rings is 1. The summed E-state index contributed by atoms with van der Waals surface area (Å²) in [7, 11) is 1.78. The first-order chi connectivity index (χ1) is 9.88. The second kappa shape index (κ2) is 7.94. The number of aromatic nitrogens is 1. The Morgan fingerprint density at radius 2 is 1.85 bits per heavy atom. The summed E-state index contributed by atoms with van der Waals surface area (Å²) in [5, 5.41) is 6.58. The molecule has 104 valence electrons. The maximum Gasteiger partial charge on any atom is 0.191 e. The predicted molar refractivity (Wildman–Crippen MR) is 82.6 cm³/mol. The van der Waals surface area contributed by atoms with Crippen molar-refractivity contribution in [2.45, 2.75) is 13.0 Å². The number of nitrogens with one attached hydrogen (secondary N) is 2. The molecule has 0 spiro atoms. The van der Waals surface area contributed by atoms with Crippen molar-refractivity contribution in [2.75, 3.05) is 13.6 Å². The van der Waals surface area contributed by atoms with Crippen LogP contribution in [0.5, 0.6) is 0 Å². The second-order valence-corrected chi connectivity index (χ2v) is 4.41. The molecule has 0 bridgehead atoms. The number of guanidine groups is 1. The summed E-state index contributed by atoms with van der Waals surface area (Å²) in [4.78, 5) is 8.50. The number of aliphatic imine (C=N–C) groups is 1. The van der Waals surface area contributed by atoms with Crippen LogP contribution in [-0.2, 0) is 13.0 Å². The van der Waals surface area contributed by atoms with E-state index in [4.69, 9.17) is 0 Å². The van der Waals surface area contributed by atoms with E-state index in [1.54, 1.807) is 7.05 Å². The molecule has 0 atom stereocenters. The van der Waals surface area contributed by atoms with Crippen LogP contribution in [0.25, 0.3) is 0 Å². The van der Waals surface area contributed by atoms with Crippen LogP contribution in [0.3, 0.4) is 0 Å². The molecule has 1 aromatic heterocycles. The molecule has 0 unspecified atom stereocenters. The smallest absolute Gasteiger partial charge is 0.191 e. The third-order valence-corrected chi connectivity index (χ3v) is 2.93. The summed E-state index contributed by atoms with van der Waals surface area (Å²) in [5.41, 5.74) is 2.32. The normalized spacial score (nSPS) is 11.2. The van der Waals surface area contributed by atoms with Gasteiger partial charge in [0.05, 0.1) is 0 Å². The van der Waals surface area contributed by atoms with Crippen LogP contribution < -0.4 is 10.6 Å². The topological polar surface area (TPSA) is 49.3 Å². The van der Waals surface area contributed by atoms with Crippen LogP contribution in [0.1, 0.15) is 11.3 Å². The lowest BCUT2D eigenvalue weighted by atomic mass is 10.2. The molecule has 0 amide bonds. The average molecular weight is 268 g/mol. The van der Waals surface area contributed by atoms with Gasteiger partial charge in [0.15, 0.2) is 5.96 Å². The standard InChI is InChI=1S/C16H20N4/c1-17-16(20-13-14-7-3-2-4-8-14)19-12-10-15-9-5-6-11-18-15/h2-9,11H,10,12-13H2,1H3,(H2,17,19,20). The molecule has 0 saturated carbocycles. The van der Waals surface area contributed by atoms with Crippen LogP contribution >= 0.6 is 0 Å². The molecule has 2 aromatic rings. The third kappa shape index (κ3) is 4.72. The van der Waals surface area contributed by atoms with Crippen LogP contribution in [-0.4, -0.2) is 24.5 Å². The van der Waals surface area contributed by atoms with Gasteiger partial charge in [0, 0.05) is 38.4 Å². The minimum absolute atomic E-state index is 0.768. The highest BCUT2D eigenvalue weighted by Crippen LogP contribution is 1.97. The molecule has 4 nitrogen and oxygen atoms in total. The van der Waals surface area contributed by atoms with Crippen molar-refractivity contribution in [2.24, 2.45) is 4.99 Å². The molecule has 0 aliphatic heterocycles. The summed E-state index contributed by atoms with van der Waals surface area (Å²) in [6, 6.07) is 16.2. The summed E-state index contributed by atoms with van der Waals surface area (Å²) in [6.45, 7) is 1.58. The molecule has 4 heteroatoms. The Labute approximate surface area is 120 Å². The van der Waals surface area contributed by atoms with E-state index in [-0.39, 0.29) is 0 Å². The highest BCUT2D eigenvalue weighted by Gasteiger charge is 1.98. The van der Waals surface area contributed by atoms with E-state index in [0.717, 1.165) is 31.2 Å². The Kier molecular flexibility index (Phi) is 5.58. The zero-order valence-electron chi connectivity index (χ0n) is 11.7. The zero-order chi connectivity index (χ0) is 14.0. The van der Waals surface area contributed by atoms with Gasteiger partial charge in [-0.1, -0.05) is 36.4 Å². The van der Waals surface area contributed by atoms with Crippen molar-refractivity contribution in [3.8, 4) is 0 Å². The van der Waals surface area contributed by atoms with E-state index in [2.05, 4.69) is 32.7 Å². The van der Waals surface area contributed by atoms with Gasteiger partial charge in [-0.25, -0.2) is 0 Å².